The summed E-state index contributed by atoms with van der Waals surface area (Å²) in [6.45, 7) is 4.35. The van der Waals surface area contributed by atoms with E-state index in [9.17, 15) is 9.59 Å². The number of halogens is 2. The zero-order chi connectivity index (χ0) is 20.7. The Labute approximate surface area is 182 Å². The Morgan fingerprint density at radius 3 is 2.43 bits per heavy atom. The van der Waals surface area contributed by atoms with Gasteiger partial charge in [0, 0.05) is 17.4 Å². The quantitative estimate of drug-likeness (QED) is 0.458. The van der Waals surface area contributed by atoms with Crippen LogP contribution in [0.15, 0.2) is 17.0 Å². The van der Waals surface area contributed by atoms with Crippen molar-refractivity contribution in [1.29, 1.82) is 0 Å². The Hall–Kier alpha value is -0.750. The Balaban J connectivity index is 2.26. The van der Waals surface area contributed by atoms with Crippen LogP contribution in [0.2, 0.25) is 10.0 Å². The molecule has 1 amide bonds. The molecule has 2 rings (SSSR count). The number of nitrogens with one attached hydrogen (secondary N) is 1. The Bertz CT molecular complexity index is 703. The molecule has 28 heavy (non-hydrogen) atoms. The summed E-state index contributed by atoms with van der Waals surface area (Å²) >= 11 is 13.3. The molecule has 1 aromatic rings. The molecule has 156 valence electrons. The first-order chi connectivity index (χ1) is 13.3. The fourth-order valence-corrected chi connectivity index (χ4v) is 4.83. The van der Waals surface area contributed by atoms with Gasteiger partial charge in [-0.1, -0.05) is 56.3 Å². The van der Waals surface area contributed by atoms with E-state index in [0.29, 0.717) is 26.5 Å². The van der Waals surface area contributed by atoms with Crippen LogP contribution in [0.5, 0.6) is 0 Å². The molecular formula is C21H29Cl2NO3S. The maximum atomic E-state index is 13.4. The third-order valence-corrected chi connectivity index (χ3v) is 6.87. The van der Waals surface area contributed by atoms with Crippen LogP contribution in [0.3, 0.4) is 0 Å². The number of hydrogen-bond acceptors (Lipinski definition) is 4. The number of hydrogen-bond donors (Lipinski definition) is 1. The number of rotatable bonds is 8. The Kier molecular flexibility index (Phi) is 9.13. The molecule has 0 saturated heterocycles. The minimum Gasteiger partial charge on any atom is -0.376 e. The highest BCUT2D eigenvalue weighted by atomic mass is 35.5. The summed E-state index contributed by atoms with van der Waals surface area (Å²) in [6.07, 6.45) is 7.01. The fourth-order valence-electron chi connectivity index (χ4n) is 3.62. The predicted molar refractivity (Wildman–Crippen MR) is 117 cm³/mol. The molecule has 0 atom stereocenters. The van der Waals surface area contributed by atoms with Gasteiger partial charge in [0.15, 0.2) is 0 Å². The highest BCUT2D eigenvalue weighted by molar-refractivity contribution is 8.13. The van der Waals surface area contributed by atoms with Gasteiger partial charge in [-0.05, 0) is 55.5 Å². The molecule has 0 bridgehead atoms. The molecule has 0 aliphatic heterocycles. The molecule has 4 nitrogen and oxygen atoms in total. The van der Waals surface area contributed by atoms with Gasteiger partial charge < -0.3 is 10.1 Å². The van der Waals surface area contributed by atoms with Gasteiger partial charge in [0.25, 0.3) is 0 Å². The van der Waals surface area contributed by atoms with E-state index in [1.54, 1.807) is 12.1 Å². The lowest BCUT2D eigenvalue weighted by Gasteiger charge is -2.36. The zero-order valence-electron chi connectivity index (χ0n) is 16.8. The lowest BCUT2D eigenvalue weighted by Crippen LogP contribution is -2.38. The van der Waals surface area contributed by atoms with E-state index < -0.39 is 0 Å². The largest absolute Gasteiger partial charge is 0.376 e. The van der Waals surface area contributed by atoms with Crippen molar-refractivity contribution in [3.63, 3.8) is 0 Å². The van der Waals surface area contributed by atoms with Gasteiger partial charge >= 0.3 is 0 Å². The number of benzene rings is 1. The maximum Gasteiger partial charge on any atom is 0.230 e. The molecular weight excluding hydrogens is 417 g/mol. The number of carbonyl (C=O) groups is 2. The summed E-state index contributed by atoms with van der Waals surface area (Å²) in [7, 11) is 1.47. The molecule has 1 N–H and O–H groups in total. The number of ether oxygens (including phenoxy) is 1. The number of methoxy groups -OCH3 is 1. The first-order valence-electron chi connectivity index (χ1n) is 9.77. The fraction of sp³-hybridized carbons (Fsp3) is 0.619. The zero-order valence-corrected chi connectivity index (χ0v) is 19.1. The van der Waals surface area contributed by atoms with E-state index in [2.05, 4.69) is 19.2 Å². The van der Waals surface area contributed by atoms with E-state index in [1.807, 2.05) is 0 Å². The van der Waals surface area contributed by atoms with Gasteiger partial charge in [-0.25, -0.2) is 0 Å². The van der Waals surface area contributed by atoms with Gasteiger partial charge in [0.1, 0.15) is 6.61 Å². The maximum absolute atomic E-state index is 13.4. The Morgan fingerprint density at radius 2 is 1.82 bits per heavy atom. The van der Waals surface area contributed by atoms with Crippen LogP contribution >= 0.6 is 35.0 Å². The van der Waals surface area contributed by atoms with Crippen molar-refractivity contribution in [2.45, 2.75) is 63.7 Å². The van der Waals surface area contributed by atoms with Crippen LogP contribution in [-0.4, -0.2) is 24.7 Å². The van der Waals surface area contributed by atoms with E-state index in [1.165, 1.54) is 13.5 Å². The molecule has 0 unspecified atom stereocenters. The van der Waals surface area contributed by atoms with E-state index in [4.69, 9.17) is 27.9 Å². The smallest absolute Gasteiger partial charge is 0.230 e. The number of thioether (sulfide) groups is 1. The average Bonchev–Trinajstić information content (AvgIpc) is 2.65. The average molecular weight is 446 g/mol. The van der Waals surface area contributed by atoms with Gasteiger partial charge in [-0.3, -0.25) is 9.59 Å². The molecule has 7 heteroatoms. The van der Waals surface area contributed by atoms with Crippen molar-refractivity contribution < 1.29 is 14.3 Å². The van der Waals surface area contributed by atoms with Gasteiger partial charge in [-0.2, -0.15) is 0 Å². The monoisotopic (exact) mass is 445 g/mol. The minimum absolute atomic E-state index is 0.0172. The lowest BCUT2D eigenvalue weighted by atomic mass is 9.69. The summed E-state index contributed by atoms with van der Waals surface area (Å²) in [5, 5.41) is 3.60. The number of carbonyl (C=O) groups excluding carboxylic acids is 2. The molecule has 1 fully saturated rings. The van der Waals surface area contributed by atoms with Crippen molar-refractivity contribution in [3.05, 3.63) is 22.2 Å². The SMILES string of the molecule is COCC(=O)Sc1cc(Cl)c(Cl)cc1NC(=O)C1(CCC(C)C)CCCCC1. The van der Waals surface area contributed by atoms with Crippen molar-refractivity contribution in [2.75, 3.05) is 19.0 Å². The summed E-state index contributed by atoms with van der Waals surface area (Å²) in [5.41, 5.74) is 0.177. The van der Waals surface area contributed by atoms with Crippen LogP contribution < -0.4 is 5.32 Å². The van der Waals surface area contributed by atoms with Gasteiger partial charge in [0.2, 0.25) is 11.0 Å². The van der Waals surface area contributed by atoms with Gasteiger partial charge in [0.05, 0.1) is 15.7 Å². The summed E-state index contributed by atoms with van der Waals surface area (Å²) in [4.78, 5) is 26.0. The van der Waals surface area contributed by atoms with Crippen LogP contribution in [0.25, 0.3) is 0 Å². The second kappa shape index (κ2) is 10.9. The highest BCUT2D eigenvalue weighted by Crippen LogP contribution is 2.43. The van der Waals surface area contributed by atoms with Crippen molar-refractivity contribution in [1.82, 2.24) is 0 Å². The Morgan fingerprint density at radius 1 is 1.18 bits per heavy atom. The highest BCUT2D eigenvalue weighted by Gasteiger charge is 2.39. The van der Waals surface area contributed by atoms with E-state index in [0.717, 1.165) is 50.3 Å². The van der Waals surface area contributed by atoms with Crippen molar-refractivity contribution >= 4 is 51.7 Å². The van der Waals surface area contributed by atoms with Crippen LogP contribution in [-0.2, 0) is 14.3 Å². The van der Waals surface area contributed by atoms with Crippen LogP contribution in [0.1, 0.15) is 58.8 Å². The standard InChI is InChI=1S/C21H29Cl2NO3S/c1-14(2)7-10-21(8-5-4-6-9-21)20(26)24-17-11-15(22)16(23)12-18(17)28-19(25)13-27-3/h11-12,14H,4-10,13H2,1-3H3,(H,24,26). The van der Waals surface area contributed by atoms with E-state index >= 15 is 0 Å². The predicted octanol–water partition coefficient (Wildman–Crippen LogP) is 6.58. The third-order valence-electron chi connectivity index (χ3n) is 5.25. The van der Waals surface area contributed by atoms with Gasteiger partial charge in [-0.15, -0.1) is 0 Å². The molecule has 1 aliphatic rings. The lowest BCUT2D eigenvalue weighted by molar-refractivity contribution is -0.128. The van der Waals surface area contributed by atoms with Crippen molar-refractivity contribution in [3.8, 4) is 0 Å². The normalized spacial score (nSPS) is 16.2. The summed E-state index contributed by atoms with van der Waals surface area (Å²) in [6, 6.07) is 3.25. The van der Waals surface area contributed by atoms with Crippen molar-refractivity contribution in [2.24, 2.45) is 11.3 Å². The first-order valence-corrected chi connectivity index (χ1v) is 11.3. The first kappa shape index (κ1) is 23.5. The summed E-state index contributed by atoms with van der Waals surface area (Å²) < 4.78 is 4.90. The number of anilines is 1. The minimum atomic E-state index is -0.354. The second-order valence-electron chi connectivity index (χ2n) is 7.90. The second-order valence-corrected chi connectivity index (χ2v) is 9.81. The number of amides is 1. The molecule has 0 radical (unpaired) electrons. The molecule has 1 aliphatic carbocycles. The molecule has 1 aromatic carbocycles. The van der Waals surface area contributed by atoms with Crippen LogP contribution in [0.4, 0.5) is 5.69 Å². The molecule has 0 aromatic heterocycles. The molecule has 1 saturated carbocycles. The summed E-state index contributed by atoms with van der Waals surface area (Å²) in [5.74, 6) is 0.571. The molecule has 0 heterocycles. The molecule has 0 spiro atoms. The topological polar surface area (TPSA) is 55.4 Å². The van der Waals surface area contributed by atoms with Crippen LogP contribution in [0, 0.1) is 11.3 Å². The van der Waals surface area contributed by atoms with E-state index in [-0.39, 0.29) is 23.0 Å². The third kappa shape index (κ3) is 6.38.